The number of halogens is 3. The summed E-state index contributed by atoms with van der Waals surface area (Å²) in [5.41, 5.74) is 0.886. The topological polar surface area (TPSA) is 12.0 Å². The second-order valence-corrected chi connectivity index (χ2v) is 7.64. The molecule has 0 aliphatic rings. The fourth-order valence-electron chi connectivity index (χ4n) is 2.05. The van der Waals surface area contributed by atoms with Crippen molar-refractivity contribution in [2.75, 3.05) is 6.54 Å². The summed E-state index contributed by atoms with van der Waals surface area (Å²) >= 11 is 9.27. The summed E-state index contributed by atoms with van der Waals surface area (Å²) < 4.78 is 14.5. The lowest BCUT2D eigenvalue weighted by atomic mass is 9.83. The van der Waals surface area contributed by atoms with Crippen molar-refractivity contribution in [1.29, 1.82) is 0 Å². The molecule has 1 aromatic rings. The third kappa shape index (κ3) is 6.11. The summed E-state index contributed by atoms with van der Waals surface area (Å²) in [6.45, 7) is 9.74. The highest BCUT2D eigenvalue weighted by Crippen LogP contribution is 2.30. The molecule has 0 bridgehead atoms. The molecule has 0 unspecified atom stereocenters. The van der Waals surface area contributed by atoms with Gasteiger partial charge < -0.3 is 5.32 Å². The minimum atomic E-state index is -0.183. The molecule has 0 aliphatic carbocycles. The van der Waals surface area contributed by atoms with Crippen LogP contribution < -0.4 is 5.32 Å². The molecule has 0 saturated carbocycles. The van der Waals surface area contributed by atoms with Crippen LogP contribution in [0.3, 0.4) is 0 Å². The van der Waals surface area contributed by atoms with Crippen molar-refractivity contribution < 1.29 is 4.39 Å². The van der Waals surface area contributed by atoms with Gasteiger partial charge in [-0.15, -0.1) is 0 Å². The molecule has 0 aromatic heterocycles. The number of benzene rings is 1. The van der Waals surface area contributed by atoms with Gasteiger partial charge in [-0.3, -0.25) is 0 Å². The van der Waals surface area contributed by atoms with Gasteiger partial charge in [-0.1, -0.05) is 39.3 Å². The van der Waals surface area contributed by atoms with E-state index < -0.39 is 0 Å². The van der Waals surface area contributed by atoms with Crippen LogP contribution in [0.25, 0.3) is 0 Å². The highest BCUT2D eigenvalue weighted by Gasteiger charge is 2.19. The number of nitrogens with one attached hydrogen (secondary N) is 1. The Bertz CT molecular complexity index is 446. The van der Waals surface area contributed by atoms with Crippen LogP contribution in [0.2, 0.25) is 5.02 Å². The second kappa shape index (κ2) is 7.77. The van der Waals surface area contributed by atoms with Crippen LogP contribution >= 0.6 is 27.5 Å². The second-order valence-electron chi connectivity index (χ2n) is 6.38. The molecule has 1 aromatic carbocycles. The Morgan fingerprint density at radius 3 is 2.55 bits per heavy atom. The van der Waals surface area contributed by atoms with Crippen LogP contribution in [0.4, 0.5) is 4.39 Å². The summed E-state index contributed by atoms with van der Waals surface area (Å²) in [5.74, 6) is -0.183. The highest BCUT2D eigenvalue weighted by atomic mass is 79.9. The van der Waals surface area contributed by atoms with Gasteiger partial charge in [0.25, 0.3) is 0 Å². The van der Waals surface area contributed by atoms with E-state index in [1.54, 1.807) is 6.07 Å². The number of rotatable bonds is 7. The Kier molecular flexibility index (Phi) is 6.96. The standard InChI is InChI=1S/C16H24BrClFN/c1-11(2)20-8-7-16(3,4)6-5-12-9-14(18)13(17)10-15(12)19/h9-11,20H,5-8H2,1-4H3. The minimum Gasteiger partial charge on any atom is -0.315 e. The van der Waals surface area contributed by atoms with Crippen molar-refractivity contribution in [3.05, 3.63) is 33.0 Å². The van der Waals surface area contributed by atoms with Crippen molar-refractivity contribution >= 4 is 27.5 Å². The van der Waals surface area contributed by atoms with Gasteiger partial charge in [0, 0.05) is 10.5 Å². The molecule has 1 rings (SSSR count). The van der Waals surface area contributed by atoms with E-state index in [9.17, 15) is 4.39 Å². The molecule has 0 fully saturated rings. The first-order valence-corrected chi connectivity index (χ1v) is 8.25. The molecular formula is C16H24BrClFN. The Hall–Kier alpha value is -0.120. The lowest BCUT2D eigenvalue weighted by Gasteiger charge is -2.25. The predicted octanol–water partition coefficient (Wildman–Crippen LogP) is 5.59. The van der Waals surface area contributed by atoms with Gasteiger partial charge in [-0.05, 0) is 64.8 Å². The molecule has 0 saturated heterocycles. The van der Waals surface area contributed by atoms with E-state index in [1.807, 2.05) is 0 Å². The van der Waals surface area contributed by atoms with Gasteiger partial charge in [0.2, 0.25) is 0 Å². The maximum absolute atomic E-state index is 13.9. The van der Waals surface area contributed by atoms with Gasteiger partial charge in [-0.2, -0.15) is 0 Å². The zero-order valence-electron chi connectivity index (χ0n) is 12.7. The van der Waals surface area contributed by atoms with E-state index in [4.69, 9.17) is 11.6 Å². The Balaban J connectivity index is 2.55. The molecule has 1 N–H and O–H groups in total. The number of hydrogen-bond acceptors (Lipinski definition) is 1. The van der Waals surface area contributed by atoms with Crippen molar-refractivity contribution in [3.8, 4) is 0 Å². The van der Waals surface area contributed by atoms with Crippen molar-refractivity contribution in [2.24, 2.45) is 5.41 Å². The largest absolute Gasteiger partial charge is 0.315 e. The number of aryl methyl sites for hydroxylation is 1. The Labute approximate surface area is 135 Å². The first-order chi connectivity index (χ1) is 9.21. The van der Waals surface area contributed by atoms with E-state index in [-0.39, 0.29) is 11.2 Å². The van der Waals surface area contributed by atoms with Gasteiger partial charge in [0.15, 0.2) is 0 Å². The van der Waals surface area contributed by atoms with Crippen molar-refractivity contribution in [3.63, 3.8) is 0 Å². The molecule has 114 valence electrons. The molecule has 0 radical (unpaired) electrons. The van der Waals surface area contributed by atoms with Gasteiger partial charge in [-0.25, -0.2) is 4.39 Å². The molecule has 0 spiro atoms. The third-order valence-electron chi connectivity index (χ3n) is 3.51. The monoisotopic (exact) mass is 363 g/mol. The number of hydrogen-bond donors (Lipinski definition) is 1. The van der Waals surface area contributed by atoms with E-state index >= 15 is 0 Å². The summed E-state index contributed by atoms with van der Waals surface area (Å²) in [6.07, 6.45) is 2.74. The molecule has 0 amide bonds. The van der Waals surface area contributed by atoms with Crippen LogP contribution in [0.5, 0.6) is 0 Å². The smallest absolute Gasteiger partial charge is 0.127 e. The van der Waals surface area contributed by atoms with Crippen molar-refractivity contribution in [1.82, 2.24) is 5.32 Å². The molecule has 0 aliphatic heterocycles. The lowest BCUT2D eigenvalue weighted by molar-refractivity contribution is 0.297. The average Bonchev–Trinajstić information content (AvgIpc) is 2.31. The van der Waals surface area contributed by atoms with E-state index in [0.29, 0.717) is 27.5 Å². The molecule has 0 atom stereocenters. The molecule has 4 heteroatoms. The summed E-state index contributed by atoms with van der Waals surface area (Å²) in [7, 11) is 0. The fourth-order valence-corrected chi connectivity index (χ4v) is 2.55. The van der Waals surface area contributed by atoms with Gasteiger partial charge in [0.05, 0.1) is 5.02 Å². The van der Waals surface area contributed by atoms with Gasteiger partial charge in [0.1, 0.15) is 5.82 Å². The summed E-state index contributed by atoms with van der Waals surface area (Å²) in [5, 5.41) is 4.00. The van der Waals surface area contributed by atoms with E-state index in [0.717, 1.165) is 19.4 Å². The predicted molar refractivity (Wildman–Crippen MR) is 89.0 cm³/mol. The normalized spacial score (nSPS) is 12.2. The quantitative estimate of drug-likeness (QED) is 0.622. The van der Waals surface area contributed by atoms with Crippen molar-refractivity contribution in [2.45, 2.75) is 53.0 Å². The molecular weight excluding hydrogens is 341 g/mol. The zero-order valence-corrected chi connectivity index (χ0v) is 15.0. The van der Waals surface area contributed by atoms with E-state index in [1.165, 1.54) is 6.07 Å². The highest BCUT2D eigenvalue weighted by molar-refractivity contribution is 9.10. The van der Waals surface area contributed by atoms with Crippen LogP contribution in [0, 0.1) is 11.2 Å². The maximum Gasteiger partial charge on any atom is 0.127 e. The third-order valence-corrected chi connectivity index (χ3v) is 4.71. The Morgan fingerprint density at radius 2 is 1.95 bits per heavy atom. The average molecular weight is 365 g/mol. The molecule has 0 heterocycles. The van der Waals surface area contributed by atoms with Crippen LogP contribution in [-0.4, -0.2) is 12.6 Å². The molecule has 20 heavy (non-hydrogen) atoms. The minimum absolute atomic E-state index is 0.183. The van der Waals surface area contributed by atoms with Crippen LogP contribution in [0.1, 0.15) is 46.1 Å². The fraction of sp³-hybridized carbons (Fsp3) is 0.625. The van der Waals surface area contributed by atoms with E-state index in [2.05, 4.69) is 48.9 Å². The summed E-state index contributed by atoms with van der Waals surface area (Å²) in [4.78, 5) is 0. The first-order valence-electron chi connectivity index (χ1n) is 7.08. The SMILES string of the molecule is CC(C)NCCC(C)(C)CCc1cc(Cl)c(Br)cc1F. The van der Waals surface area contributed by atoms with Crippen LogP contribution in [-0.2, 0) is 6.42 Å². The van der Waals surface area contributed by atoms with Gasteiger partial charge >= 0.3 is 0 Å². The molecule has 1 nitrogen and oxygen atoms in total. The summed E-state index contributed by atoms with van der Waals surface area (Å²) in [6, 6.07) is 3.68. The van der Waals surface area contributed by atoms with Crippen LogP contribution in [0.15, 0.2) is 16.6 Å². The zero-order chi connectivity index (χ0) is 15.3. The Morgan fingerprint density at radius 1 is 1.30 bits per heavy atom. The maximum atomic E-state index is 13.9. The first kappa shape index (κ1) is 17.9. The lowest BCUT2D eigenvalue weighted by Crippen LogP contribution is -2.28.